The van der Waals surface area contributed by atoms with Crippen molar-refractivity contribution in [3.8, 4) is 5.75 Å². The normalized spacial score (nSPS) is 10.4. The van der Waals surface area contributed by atoms with Crippen LogP contribution < -0.4 is 4.74 Å². The number of hydrogen-bond donors (Lipinski definition) is 0. The highest BCUT2D eigenvalue weighted by Gasteiger charge is 2.06. The van der Waals surface area contributed by atoms with Crippen LogP contribution in [-0.2, 0) is 0 Å². The Morgan fingerprint density at radius 2 is 1.93 bits per heavy atom. The minimum Gasteiger partial charge on any atom is -0.490 e. The second-order valence-corrected chi connectivity index (χ2v) is 3.03. The summed E-state index contributed by atoms with van der Waals surface area (Å²) in [5, 5.41) is 1.83. The van der Waals surface area contributed by atoms with Gasteiger partial charge >= 0.3 is 0 Å². The molecule has 0 aliphatic carbocycles. The van der Waals surface area contributed by atoms with Crippen LogP contribution in [0.1, 0.15) is 6.92 Å². The zero-order valence-electron chi connectivity index (χ0n) is 7.96. The fourth-order valence-corrected chi connectivity index (χ4v) is 1.51. The van der Waals surface area contributed by atoms with Gasteiger partial charge in [0.25, 0.3) is 0 Å². The standard InChI is InChI=1S/C12H11FO/c1-2-14-12-10-6-4-3-5-9(10)7-8-11(12)13/h3-8H,2H2,1H3. The lowest BCUT2D eigenvalue weighted by atomic mass is 10.1. The van der Waals surface area contributed by atoms with Crippen LogP contribution in [-0.4, -0.2) is 6.61 Å². The van der Waals surface area contributed by atoms with Gasteiger partial charge in [0.1, 0.15) is 0 Å². The van der Waals surface area contributed by atoms with Gasteiger partial charge in [0, 0.05) is 5.39 Å². The van der Waals surface area contributed by atoms with E-state index >= 15 is 0 Å². The molecular formula is C12H11FO. The summed E-state index contributed by atoms with van der Waals surface area (Å²) in [6.07, 6.45) is 0. The van der Waals surface area contributed by atoms with E-state index in [2.05, 4.69) is 0 Å². The van der Waals surface area contributed by atoms with E-state index in [0.717, 1.165) is 10.8 Å². The molecule has 2 heteroatoms. The van der Waals surface area contributed by atoms with Crippen molar-refractivity contribution in [1.29, 1.82) is 0 Å². The van der Waals surface area contributed by atoms with E-state index < -0.39 is 0 Å². The first-order valence-electron chi connectivity index (χ1n) is 4.63. The Balaban J connectivity index is 2.69. The summed E-state index contributed by atoms with van der Waals surface area (Å²) in [6.45, 7) is 2.33. The van der Waals surface area contributed by atoms with Crippen molar-refractivity contribution >= 4 is 10.8 Å². The highest BCUT2D eigenvalue weighted by Crippen LogP contribution is 2.28. The van der Waals surface area contributed by atoms with Crippen molar-refractivity contribution in [2.75, 3.05) is 6.61 Å². The van der Waals surface area contributed by atoms with Crippen molar-refractivity contribution in [1.82, 2.24) is 0 Å². The van der Waals surface area contributed by atoms with Gasteiger partial charge in [-0.15, -0.1) is 0 Å². The van der Waals surface area contributed by atoms with Crippen molar-refractivity contribution in [2.24, 2.45) is 0 Å². The predicted octanol–water partition coefficient (Wildman–Crippen LogP) is 3.38. The zero-order chi connectivity index (χ0) is 9.97. The summed E-state index contributed by atoms with van der Waals surface area (Å²) in [5.41, 5.74) is 0. The lowest BCUT2D eigenvalue weighted by Gasteiger charge is -2.07. The molecule has 0 bridgehead atoms. The van der Waals surface area contributed by atoms with Gasteiger partial charge < -0.3 is 4.74 Å². The maximum atomic E-state index is 13.4. The third-order valence-electron chi connectivity index (χ3n) is 2.12. The number of fused-ring (bicyclic) bond motifs is 1. The molecule has 0 aliphatic heterocycles. The summed E-state index contributed by atoms with van der Waals surface area (Å²) in [4.78, 5) is 0. The molecule has 2 aromatic rings. The van der Waals surface area contributed by atoms with Gasteiger partial charge in [-0.2, -0.15) is 0 Å². The largest absolute Gasteiger partial charge is 0.490 e. The SMILES string of the molecule is CCOc1c(F)ccc2ccccc12. The molecular weight excluding hydrogens is 179 g/mol. The first-order chi connectivity index (χ1) is 6.83. The molecule has 0 saturated carbocycles. The molecule has 0 radical (unpaired) electrons. The van der Waals surface area contributed by atoms with Crippen LogP contribution in [0.4, 0.5) is 4.39 Å². The average molecular weight is 190 g/mol. The third-order valence-corrected chi connectivity index (χ3v) is 2.12. The molecule has 0 unspecified atom stereocenters. The molecule has 0 heterocycles. The minimum absolute atomic E-state index is 0.300. The highest BCUT2D eigenvalue weighted by atomic mass is 19.1. The van der Waals surface area contributed by atoms with Crippen molar-refractivity contribution in [3.05, 3.63) is 42.2 Å². The second kappa shape index (κ2) is 3.66. The molecule has 1 nitrogen and oxygen atoms in total. The molecule has 0 N–H and O–H groups in total. The van der Waals surface area contributed by atoms with Crippen molar-refractivity contribution in [2.45, 2.75) is 6.92 Å². The summed E-state index contributed by atoms with van der Waals surface area (Å²) in [5.74, 6) is 0.0520. The van der Waals surface area contributed by atoms with Gasteiger partial charge in [-0.25, -0.2) is 4.39 Å². The Morgan fingerprint density at radius 1 is 1.14 bits per heavy atom. The van der Waals surface area contributed by atoms with Gasteiger partial charge in [0.05, 0.1) is 6.61 Å². The van der Waals surface area contributed by atoms with Gasteiger partial charge in [-0.05, 0) is 18.4 Å². The Kier molecular flexibility index (Phi) is 2.35. The Bertz CT molecular complexity index is 451. The summed E-state index contributed by atoms with van der Waals surface area (Å²) in [6, 6.07) is 10.8. The second-order valence-electron chi connectivity index (χ2n) is 3.03. The minimum atomic E-state index is -0.300. The number of benzene rings is 2. The third kappa shape index (κ3) is 1.43. The summed E-state index contributed by atoms with van der Waals surface area (Å²) < 4.78 is 18.7. The van der Waals surface area contributed by atoms with Gasteiger partial charge in [0.15, 0.2) is 11.6 Å². The molecule has 72 valence electrons. The quantitative estimate of drug-likeness (QED) is 0.705. The molecule has 0 aromatic heterocycles. The van der Waals surface area contributed by atoms with Crippen LogP contribution >= 0.6 is 0 Å². The Labute approximate surface area is 82.1 Å². The van der Waals surface area contributed by atoms with Crippen LogP contribution in [0.25, 0.3) is 10.8 Å². The molecule has 0 amide bonds. The summed E-state index contributed by atoms with van der Waals surface area (Å²) >= 11 is 0. The molecule has 2 aromatic carbocycles. The maximum absolute atomic E-state index is 13.4. The Morgan fingerprint density at radius 3 is 2.71 bits per heavy atom. The van der Waals surface area contributed by atoms with E-state index in [1.807, 2.05) is 31.2 Å². The van der Waals surface area contributed by atoms with E-state index in [-0.39, 0.29) is 5.82 Å². The molecule has 0 atom stereocenters. The fraction of sp³-hybridized carbons (Fsp3) is 0.167. The van der Waals surface area contributed by atoms with E-state index in [1.165, 1.54) is 6.07 Å². The topological polar surface area (TPSA) is 9.23 Å². The molecule has 0 saturated heterocycles. The fourth-order valence-electron chi connectivity index (χ4n) is 1.51. The first-order valence-corrected chi connectivity index (χ1v) is 4.63. The zero-order valence-corrected chi connectivity index (χ0v) is 7.96. The molecule has 0 spiro atoms. The predicted molar refractivity (Wildman–Crippen MR) is 55.1 cm³/mol. The molecule has 2 rings (SSSR count). The van der Waals surface area contributed by atoms with Crippen LogP contribution in [0.5, 0.6) is 5.75 Å². The van der Waals surface area contributed by atoms with E-state index in [4.69, 9.17) is 4.74 Å². The number of rotatable bonds is 2. The lowest BCUT2D eigenvalue weighted by molar-refractivity contribution is 0.326. The number of halogens is 1. The number of ether oxygens (including phenoxy) is 1. The van der Waals surface area contributed by atoms with Crippen molar-refractivity contribution in [3.63, 3.8) is 0 Å². The smallest absolute Gasteiger partial charge is 0.165 e. The summed E-state index contributed by atoms with van der Waals surface area (Å²) in [7, 11) is 0. The maximum Gasteiger partial charge on any atom is 0.165 e. The van der Waals surface area contributed by atoms with Gasteiger partial charge in [-0.3, -0.25) is 0 Å². The van der Waals surface area contributed by atoms with E-state index in [1.54, 1.807) is 6.07 Å². The molecule has 0 aliphatic rings. The van der Waals surface area contributed by atoms with Crippen LogP contribution in [0, 0.1) is 5.82 Å². The lowest BCUT2D eigenvalue weighted by Crippen LogP contribution is -1.95. The monoisotopic (exact) mass is 190 g/mol. The number of hydrogen-bond acceptors (Lipinski definition) is 1. The van der Waals surface area contributed by atoms with Crippen LogP contribution in [0.15, 0.2) is 36.4 Å². The van der Waals surface area contributed by atoms with E-state index in [0.29, 0.717) is 12.4 Å². The van der Waals surface area contributed by atoms with Crippen molar-refractivity contribution < 1.29 is 9.13 Å². The van der Waals surface area contributed by atoms with Gasteiger partial charge in [-0.1, -0.05) is 30.3 Å². The highest BCUT2D eigenvalue weighted by molar-refractivity contribution is 5.88. The van der Waals surface area contributed by atoms with Gasteiger partial charge in [0.2, 0.25) is 0 Å². The Hall–Kier alpha value is -1.57. The van der Waals surface area contributed by atoms with E-state index in [9.17, 15) is 4.39 Å². The average Bonchev–Trinajstić information content (AvgIpc) is 2.23. The first kappa shape index (κ1) is 9.00. The van der Waals surface area contributed by atoms with Crippen LogP contribution in [0.3, 0.4) is 0 Å². The molecule has 0 fully saturated rings. The van der Waals surface area contributed by atoms with Crippen LogP contribution in [0.2, 0.25) is 0 Å². The molecule has 14 heavy (non-hydrogen) atoms.